The van der Waals surface area contributed by atoms with Crippen LogP contribution in [0, 0.1) is 11.3 Å². The van der Waals surface area contributed by atoms with Gasteiger partial charge in [-0.05, 0) is 35.9 Å². The van der Waals surface area contributed by atoms with Crippen LogP contribution >= 0.6 is 11.6 Å². The van der Waals surface area contributed by atoms with Crippen molar-refractivity contribution in [3.63, 3.8) is 0 Å². The first kappa shape index (κ1) is 17.2. The molecule has 3 heterocycles. The number of hydrogen-bond donors (Lipinski definition) is 1. The van der Waals surface area contributed by atoms with Crippen molar-refractivity contribution in [3.8, 4) is 12.0 Å². The van der Waals surface area contributed by atoms with Crippen molar-refractivity contribution in [3.05, 3.63) is 81.6 Å². The van der Waals surface area contributed by atoms with Crippen LogP contribution in [0.1, 0.15) is 11.1 Å². The molecule has 29 heavy (non-hydrogen) atoms. The summed E-state index contributed by atoms with van der Waals surface area (Å²) in [4.78, 5) is 28.5. The standard InChI is InChI=1S/C20H12ClN7O/c21-14-4-1-12(2-5-14)10-27-18-16(25-20(27)29)9-23-19(26-18)28-11-24-15-7-13(8-22)3-6-17(15)28/h1-7,9,11H,10H2,(H,25,29). The first-order valence-corrected chi connectivity index (χ1v) is 9.08. The zero-order chi connectivity index (χ0) is 20.0. The van der Waals surface area contributed by atoms with Gasteiger partial charge in [-0.1, -0.05) is 23.7 Å². The number of rotatable bonds is 3. The van der Waals surface area contributed by atoms with Gasteiger partial charge < -0.3 is 4.98 Å². The van der Waals surface area contributed by atoms with Crippen LogP contribution in [0.4, 0.5) is 0 Å². The van der Waals surface area contributed by atoms with Gasteiger partial charge in [0.05, 0.1) is 35.4 Å². The van der Waals surface area contributed by atoms with Crippen molar-refractivity contribution < 1.29 is 0 Å². The molecular weight excluding hydrogens is 390 g/mol. The Morgan fingerprint density at radius 3 is 2.76 bits per heavy atom. The lowest BCUT2D eigenvalue weighted by atomic mass is 10.2. The maximum absolute atomic E-state index is 12.5. The Bertz CT molecular complexity index is 1470. The fourth-order valence-electron chi connectivity index (χ4n) is 3.21. The summed E-state index contributed by atoms with van der Waals surface area (Å²) in [5, 5.41) is 9.69. The normalized spacial score (nSPS) is 11.2. The van der Waals surface area contributed by atoms with Gasteiger partial charge in [0.25, 0.3) is 0 Å². The molecule has 0 saturated carbocycles. The summed E-state index contributed by atoms with van der Waals surface area (Å²) in [6, 6.07) is 14.6. The van der Waals surface area contributed by atoms with Crippen LogP contribution in [0.15, 0.2) is 59.8 Å². The molecule has 5 rings (SSSR count). The van der Waals surface area contributed by atoms with Gasteiger partial charge in [0.15, 0.2) is 5.65 Å². The molecule has 2 aromatic carbocycles. The van der Waals surface area contributed by atoms with Gasteiger partial charge in [0.2, 0.25) is 5.95 Å². The molecule has 0 fully saturated rings. The second kappa shape index (κ2) is 6.58. The van der Waals surface area contributed by atoms with E-state index in [9.17, 15) is 4.79 Å². The summed E-state index contributed by atoms with van der Waals surface area (Å²) in [5.74, 6) is 0.383. The van der Waals surface area contributed by atoms with Gasteiger partial charge in [0.1, 0.15) is 11.8 Å². The van der Waals surface area contributed by atoms with Crippen molar-refractivity contribution in [1.29, 1.82) is 5.26 Å². The van der Waals surface area contributed by atoms with E-state index in [2.05, 4.69) is 26.0 Å². The second-order valence-corrected chi connectivity index (χ2v) is 6.92. The first-order chi connectivity index (χ1) is 14.1. The Morgan fingerprint density at radius 1 is 1.14 bits per heavy atom. The molecular formula is C20H12ClN7O. The SMILES string of the molecule is N#Cc1ccc2c(c1)ncn2-c1ncc2[nH]c(=O)n(Cc3ccc(Cl)cc3)c2n1. The summed E-state index contributed by atoms with van der Waals surface area (Å²) < 4.78 is 3.27. The van der Waals surface area contributed by atoms with Crippen LogP contribution in [0.2, 0.25) is 5.02 Å². The fraction of sp³-hybridized carbons (Fsp3) is 0.0500. The van der Waals surface area contributed by atoms with Gasteiger partial charge >= 0.3 is 5.69 Å². The van der Waals surface area contributed by atoms with Gasteiger partial charge in [-0.15, -0.1) is 0 Å². The van der Waals surface area contributed by atoms with E-state index in [0.29, 0.717) is 39.8 Å². The molecule has 0 atom stereocenters. The van der Waals surface area contributed by atoms with E-state index in [1.165, 1.54) is 0 Å². The van der Waals surface area contributed by atoms with E-state index >= 15 is 0 Å². The predicted octanol–water partition coefficient (Wildman–Crippen LogP) is 3.03. The Morgan fingerprint density at radius 2 is 1.97 bits per heavy atom. The molecule has 8 nitrogen and oxygen atoms in total. The van der Waals surface area contributed by atoms with Crippen molar-refractivity contribution in [2.24, 2.45) is 0 Å². The number of aromatic amines is 1. The van der Waals surface area contributed by atoms with Gasteiger partial charge in [-0.2, -0.15) is 10.2 Å². The third-order valence-corrected chi connectivity index (χ3v) is 4.90. The topological polar surface area (TPSA) is 105 Å². The minimum Gasteiger partial charge on any atom is -0.303 e. The molecule has 0 aliphatic carbocycles. The van der Waals surface area contributed by atoms with Crippen molar-refractivity contribution in [2.45, 2.75) is 6.54 Å². The highest BCUT2D eigenvalue weighted by atomic mass is 35.5. The number of imidazole rings is 2. The van der Waals surface area contributed by atoms with Crippen LogP contribution in [0.25, 0.3) is 28.1 Å². The largest absolute Gasteiger partial charge is 0.328 e. The second-order valence-electron chi connectivity index (χ2n) is 6.48. The van der Waals surface area contributed by atoms with Crippen molar-refractivity contribution in [2.75, 3.05) is 0 Å². The number of nitrogens with one attached hydrogen (secondary N) is 1. The number of halogens is 1. The zero-order valence-corrected chi connectivity index (χ0v) is 15.6. The summed E-state index contributed by atoms with van der Waals surface area (Å²) in [6.45, 7) is 0.350. The van der Waals surface area contributed by atoms with E-state index < -0.39 is 0 Å². The van der Waals surface area contributed by atoms with Crippen LogP contribution in [0.3, 0.4) is 0 Å². The highest BCUT2D eigenvalue weighted by Crippen LogP contribution is 2.19. The number of hydrogen-bond acceptors (Lipinski definition) is 5. The maximum atomic E-state index is 12.5. The van der Waals surface area contributed by atoms with E-state index in [1.54, 1.807) is 52.0 Å². The van der Waals surface area contributed by atoms with Crippen LogP contribution in [-0.2, 0) is 6.54 Å². The van der Waals surface area contributed by atoms with Crippen molar-refractivity contribution in [1.82, 2.24) is 29.1 Å². The minimum absolute atomic E-state index is 0.268. The van der Waals surface area contributed by atoms with Gasteiger partial charge in [-0.25, -0.2) is 14.8 Å². The molecule has 0 aliphatic rings. The number of H-pyrrole nitrogens is 1. The molecule has 5 aromatic rings. The van der Waals surface area contributed by atoms with E-state index in [-0.39, 0.29) is 5.69 Å². The van der Waals surface area contributed by atoms with E-state index in [1.807, 2.05) is 12.1 Å². The maximum Gasteiger partial charge on any atom is 0.328 e. The molecule has 0 amide bonds. The number of benzene rings is 2. The number of nitriles is 1. The minimum atomic E-state index is -0.268. The van der Waals surface area contributed by atoms with Crippen LogP contribution < -0.4 is 5.69 Å². The molecule has 0 bridgehead atoms. The van der Waals surface area contributed by atoms with Crippen LogP contribution in [-0.4, -0.2) is 29.1 Å². The smallest absolute Gasteiger partial charge is 0.303 e. The molecule has 9 heteroatoms. The summed E-state index contributed by atoms with van der Waals surface area (Å²) >= 11 is 5.94. The average molecular weight is 402 g/mol. The molecule has 3 aromatic heterocycles. The Hall–Kier alpha value is -3.96. The van der Waals surface area contributed by atoms with Crippen LogP contribution in [0.5, 0.6) is 0 Å². The van der Waals surface area contributed by atoms with Crippen molar-refractivity contribution >= 4 is 33.8 Å². The van der Waals surface area contributed by atoms with E-state index in [0.717, 1.165) is 11.1 Å². The molecule has 0 spiro atoms. The molecule has 0 radical (unpaired) electrons. The number of fused-ring (bicyclic) bond motifs is 2. The molecule has 0 aliphatic heterocycles. The highest BCUT2D eigenvalue weighted by Gasteiger charge is 2.13. The molecule has 140 valence electrons. The first-order valence-electron chi connectivity index (χ1n) is 8.70. The quantitative estimate of drug-likeness (QED) is 0.500. The Balaban J connectivity index is 1.63. The third-order valence-electron chi connectivity index (χ3n) is 4.64. The van der Waals surface area contributed by atoms with Gasteiger partial charge in [-0.3, -0.25) is 9.13 Å². The lowest BCUT2D eigenvalue weighted by Gasteiger charge is -2.06. The van der Waals surface area contributed by atoms with Gasteiger partial charge in [0, 0.05) is 5.02 Å². The predicted molar refractivity (Wildman–Crippen MR) is 108 cm³/mol. The summed E-state index contributed by atoms with van der Waals surface area (Å²) in [6.07, 6.45) is 3.17. The summed E-state index contributed by atoms with van der Waals surface area (Å²) in [5.41, 5.74) is 3.66. The Labute approximate surface area is 168 Å². The lowest BCUT2D eigenvalue weighted by molar-refractivity contribution is 0.774. The number of aromatic nitrogens is 6. The lowest BCUT2D eigenvalue weighted by Crippen LogP contribution is -2.18. The highest BCUT2D eigenvalue weighted by molar-refractivity contribution is 6.30. The molecule has 0 unspecified atom stereocenters. The number of nitrogens with zero attached hydrogens (tertiary/aromatic N) is 6. The molecule has 0 saturated heterocycles. The zero-order valence-electron chi connectivity index (χ0n) is 14.9. The fourth-order valence-corrected chi connectivity index (χ4v) is 3.34. The van der Waals surface area contributed by atoms with E-state index in [4.69, 9.17) is 16.9 Å². The Kier molecular flexibility index (Phi) is 3.89. The monoisotopic (exact) mass is 401 g/mol. The average Bonchev–Trinajstić information content (AvgIpc) is 3.29. The summed E-state index contributed by atoms with van der Waals surface area (Å²) in [7, 11) is 0. The third kappa shape index (κ3) is 2.94. The molecule has 1 N–H and O–H groups in total.